The van der Waals surface area contributed by atoms with Crippen LogP contribution >= 0.6 is 47.8 Å². The molecule has 3 nitrogen and oxygen atoms in total. The predicted octanol–water partition coefficient (Wildman–Crippen LogP) is 6.69. The highest BCUT2D eigenvalue weighted by Crippen LogP contribution is 2.32. The third-order valence-electron chi connectivity index (χ3n) is 4.29. The fraction of sp³-hybridized carbons (Fsp3) is 0.136. The summed E-state index contributed by atoms with van der Waals surface area (Å²) >= 11 is 10.7. The van der Waals surface area contributed by atoms with Crippen LogP contribution in [0.3, 0.4) is 0 Å². The van der Waals surface area contributed by atoms with Crippen LogP contribution in [0.1, 0.15) is 30.4 Å². The number of halogens is 3. The molecule has 2 aromatic rings. The summed E-state index contributed by atoms with van der Waals surface area (Å²) in [6.07, 6.45) is 11.5. The molecule has 4 rings (SSSR count). The van der Waals surface area contributed by atoms with E-state index >= 15 is 0 Å². The molecule has 6 heteroatoms. The van der Waals surface area contributed by atoms with E-state index in [4.69, 9.17) is 15.0 Å². The number of nitrogens with zero attached hydrogens (tertiary/aromatic N) is 3. The first kappa shape index (κ1) is 19.5. The molecular weight excluding hydrogens is 546 g/mol. The SMILES string of the molecule is BrC1=CC#CCC(c2nc(-c3cccc(Br)c3)nc(C3C=CC=C(Br)C3)n2)=C1. The van der Waals surface area contributed by atoms with Gasteiger partial charge in [-0.1, -0.05) is 90.0 Å². The van der Waals surface area contributed by atoms with Gasteiger partial charge >= 0.3 is 0 Å². The molecule has 1 heterocycles. The van der Waals surface area contributed by atoms with E-state index in [-0.39, 0.29) is 5.92 Å². The second kappa shape index (κ2) is 8.69. The average molecular weight is 560 g/mol. The zero-order valence-corrected chi connectivity index (χ0v) is 19.4. The molecule has 0 bridgehead atoms. The summed E-state index contributed by atoms with van der Waals surface area (Å²) < 4.78 is 3.04. The van der Waals surface area contributed by atoms with E-state index in [1.54, 1.807) is 0 Å². The van der Waals surface area contributed by atoms with Gasteiger partial charge in [0.15, 0.2) is 11.6 Å². The minimum absolute atomic E-state index is 0.100. The lowest BCUT2D eigenvalue weighted by Gasteiger charge is -2.16. The lowest BCUT2D eigenvalue weighted by atomic mass is 9.99. The first-order valence-electron chi connectivity index (χ1n) is 8.68. The summed E-state index contributed by atoms with van der Waals surface area (Å²) in [4.78, 5) is 14.4. The Morgan fingerprint density at radius 2 is 1.89 bits per heavy atom. The molecule has 138 valence electrons. The quantitative estimate of drug-likeness (QED) is 0.393. The van der Waals surface area contributed by atoms with Gasteiger partial charge in [-0.25, -0.2) is 15.0 Å². The number of hydrogen-bond acceptors (Lipinski definition) is 3. The molecule has 0 spiro atoms. The van der Waals surface area contributed by atoms with E-state index in [0.717, 1.165) is 36.8 Å². The first-order chi connectivity index (χ1) is 13.6. The highest BCUT2D eigenvalue weighted by atomic mass is 79.9. The molecule has 0 saturated carbocycles. The van der Waals surface area contributed by atoms with Crippen molar-refractivity contribution in [2.24, 2.45) is 0 Å². The predicted molar refractivity (Wildman–Crippen MR) is 124 cm³/mol. The third kappa shape index (κ3) is 4.60. The lowest BCUT2D eigenvalue weighted by molar-refractivity contribution is 0.752. The average Bonchev–Trinajstić information content (AvgIpc) is 2.92. The highest BCUT2D eigenvalue weighted by Gasteiger charge is 2.20. The van der Waals surface area contributed by atoms with Crippen molar-refractivity contribution in [1.82, 2.24) is 15.0 Å². The van der Waals surface area contributed by atoms with E-state index in [1.807, 2.05) is 42.5 Å². The molecular formula is C22H14Br3N3. The van der Waals surface area contributed by atoms with Crippen LogP contribution < -0.4 is 0 Å². The van der Waals surface area contributed by atoms with Crippen molar-refractivity contribution >= 4 is 53.4 Å². The number of rotatable bonds is 3. The fourth-order valence-corrected chi connectivity index (χ4v) is 4.24. The summed E-state index contributed by atoms with van der Waals surface area (Å²) in [5.74, 6) is 8.35. The van der Waals surface area contributed by atoms with Crippen molar-refractivity contribution in [2.75, 3.05) is 0 Å². The zero-order valence-electron chi connectivity index (χ0n) is 14.7. The Kier molecular flexibility index (Phi) is 6.05. The van der Waals surface area contributed by atoms with Crippen LogP contribution in [0.25, 0.3) is 17.0 Å². The number of allylic oxidation sites excluding steroid dienone is 8. The second-order valence-electron chi connectivity index (χ2n) is 6.36. The van der Waals surface area contributed by atoms with Crippen LogP contribution in [-0.2, 0) is 0 Å². The summed E-state index contributed by atoms with van der Waals surface area (Å²) in [5, 5.41) is 0. The Morgan fingerprint density at radius 1 is 1.04 bits per heavy atom. The van der Waals surface area contributed by atoms with Gasteiger partial charge in [0.25, 0.3) is 0 Å². The molecule has 28 heavy (non-hydrogen) atoms. The van der Waals surface area contributed by atoms with Gasteiger partial charge in [0.2, 0.25) is 0 Å². The molecule has 0 saturated heterocycles. The van der Waals surface area contributed by atoms with E-state index in [0.29, 0.717) is 18.1 Å². The maximum Gasteiger partial charge on any atom is 0.163 e. The highest BCUT2D eigenvalue weighted by molar-refractivity contribution is 9.12. The molecule has 1 aromatic heterocycles. The molecule has 0 aliphatic heterocycles. The van der Waals surface area contributed by atoms with E-state index in [9.17, 15) is 0 Å². The molecule has 0 fully saturated rings. The van der Waals surface area contributed by atoms with Crippen molar-refractivity contribution in [2.45, 2.75) is 18.8 Å². The van der Waals surface area contributed by atoms with Crippen molar-refractivity contribution in [1.29, 1.82) is 0 Å². The van der Waals surface area contributed by atoms with Crippen LogP contribution in [0.15, 0.2) is 68.1 Å². The summed E-state index contributed by atoms with van der Waals surface area (Å²) in [5.41, 5.74) is 1.92. The molecule has 1 atom stereocenters. The summed E-state index contributed by atoms with van der Waals surface area (Å²) in [6, 6.07) is 8.01. The third-order valence-corrected chi connectivity index (χ3v) is 5.83. The molecule has 0 amide bonds. The topological polar surface area (TPSA) is 38.7 Å². The van der Waals surface area contributed by atoms with Gasteiger partial charge in [-0.3, -0.25) is 0 Å². The second-order valence-corrected chi connectivity index (χ2v) is 9.21. The maximum absolute atomic E-state index is 4.82. The lowest BCUT2D eigenvalue weighted by Crippen LogP contribution is -2.10. The number of hydrogen-bond donors (Lipinski definition) is 0. The van der Waals surface area contributed by atoms with E-state index < -0.39 is 0 Å². The largest absolute Gasteiger partial charge is 0.213 e. The van der Waals surface area contributed by atoms with Crippen molar-refractivity contribution < 1.29 is 0 Å². The van der Waals surface area contributed by atoms with Gasteiger partial charge in [0, 0.05) is 38.5 Å². The Hall–Kier alpha value is -1.81. The Balaban J connectivity index is 1.84. The summed E-state index contributed by atoms with van der Waals surface area (Å²) in [7, 11) is 0. The van der Waals surface area contributed by atoms with Crippen molar-refractivity contribution in [3.63, 3.8) is 0 Å². The van der Waals surface area contributed by atoms with Gasteiger partial charge in [-0.05, 0) is 29.1 Å². The van der Waals surface area contributed by atoms with Gasteiger partial charge < -0.3 is 0 Å². The van der Waals surface area contributed by atoms with Gasteiger partial charge in [-0.15, -0.1) is 0 Å². The van der Waals surface area contributed by atoms with Crippen LogP contribution in [0.2, 0.25) is 0 Å². The fourth-order valence-electron chi connectivity index (χ4n) is 2.95. The molecule has 0 N–H and O–H groups in total. The Morgan fingerprint density at radius 3 is 2.71 bits per heavy atom. The van der Waals surface area contributed by atoms with Gasteiger partial charge in [0.05, 0.1) is 0 Å². The van der Waals surface area contributed by atoms with Crippen LogP contribution in [-0.4, -0.2) is 15.0 Å². The normalized spacial score (nSPS) is 18.4. The minimum atomic E-state index is 0.100. The van der Waals surface area contributed by atoms with Crippen LogP contribution in [0, 0.1) is 11.8 Å². The zero-order chi connectivity index (χ0) is 19.5. The molecule has 1 aromatic carbocycles. The number of aromatic nitrogens is 3. The monoisotopic (exact) mass is 557 g/mol. The van der Waals surface area contributed by atoms with E-state index in [1.165, 1.54) is 0 Å². The van der Waals surface area contributed by atoms with Crippen molar-refractivity contribution in [3.05, 3.63) is 79.7 Å². The number of benzene rings is 1. The van der Waals surface area contributed by atoms with Gasteiger partial charge in [-0.2, -0.15) is 0 Å². The Labute approximate surface area is 189 Å². The van der Waals surface area contributed by atoms with Crippen LogP contribution in [0.4, 0.5) is 0 Å². The standard InChI is InChI=1S/C22H14Br3N3/c23-17-8-2-1-5-14(11-17)20-26-21(15-6-3-9-18(24)12-15)28-22(27-20)16-7-4-10-19(25)13-16/h3-4,6-12,16H,5,13H2. The van der Waals surface area contributed by atoms with Gasteiger partial charge in [0.1, 0.15) is 5.82 Å². The minimum Gasteiger partial charge on any atom is -0.213 e. The molecule has 1 unspecified atom stereocenters. The maximum atomic E-state index is 4.82. The summed E-state index contributed by atoms with van der Waals surface area (Å²) in [6.45, 7) is 0. The first-order valence-corrected chi connectivity index (χ1v) is 11.1. The molecule has 2 aliphatic rings. The van der Waals surface area contributed by atoms with E-state index in [2.05, 4.69) is 71.8 Å². The molecule has 2 aliphatic carbocycles. The Bertz CT molecular complexity index is 1120. The molecule has 0 radical (unpaired) electrons. The van der Waals surface area contributed by atoms with Crippen LogP contribution in [0.5, 0.6) is 0 Å². The van der Waals surface area contributed by atoms with Crippen molar-refractivity contribution in [3.8, 4) is 23.2 Å². The smallest absolute Gasteiger partial charge is 0.163 e.